The Morgan fingerprint density at radius 2 is 1.84 bits per heavy atom. The lowest BCUT2D eigenvalue weighted by Crippen LogP contribution is -2.57. The van der Waals surface area contributed by atoms with Crippen molar-refractivity contribution in [3.63, 3.8) is 0 Å². The predicted octanol–water partition coefficient (Wildman–Crippen LogP) is 1.32. The third-order valence-electron chi connectivity index (χ3n) is 6.40. The Bertz CT molecular complexity index is 905. The zero-order chi connectivity index (χ0) is 21.6. The second-order valence-electron chi connectivity index (χ2n) is 8.33. The summed E-state index contributed by atoms with van der Waals surface area (Å²) >= 11 is 0. The van der Waals surface area contributed by atoms with Crippen molar-refractivity contribution >= 4 is 22.6 Å². The monoisotopic (exact) mass is 424 g/mol. The van der Waals surface area contributed by atoms with Gasteiger partial charge < -0.3 is 15.0 Å². The molecule has 2 fully saturated rings. The number of rotatable bonds is 7. The Balaban J connectivity index is 1.41. The minimum absolute atomic E-state index is 0.0430. The van der Waals surface area contributed by atoms with Gasteiger partial charge in [-0.25, -0.2) is 0 Å². The van der Waals surface area contributed by atoms with Gasteiger partial charge in [0.1, 0.15) is 0 Å². The summed E-state index contributed by atoms with van der Waals surface area (Å²) in [5, 5.41) is 5.35. The first-order valence-electron chi connectivity index (χ1n) is 11.1. The zero-order valence-corrected chi connectivity index (χ0v) is 18.3. The van der Waals surface area contributed by atoms with Crippen molar-refractivity contribution in [3.8, 4) is 0 Å². The van der Waals surface area contributed by atoms with Crippen molar-refractivity contribution in [2.24, 2.45) is 0 Å². The number of hydrogen-bond donors (Lipinski definition) is 1. The van der Waals surface area contributed by atoms with Gasteiger partial charge in [-0.2, -0.15) is 0 Å². The number of piperazine rings is 2. The van der Waals surface area contributed by atoms with Gasteiger partial charge in [-0.3, -0.25) is 19.4 Å². The molecule has 0 saturated carbocycles. The minimum atomic E-state index is -0.424. The molecule has 7 heteroatoms. The number of ether oxygens (including phenoxy) is 1. The lowest BCUT2D eigenvalue weighted by molar-refractivity contribution is -0.140. The van der Waals surface area contributed by atoms with E-state index in [-0.39, 0.29) is 18.2 Å². The van der Waals surface area contributed by atoms with Crippen molar-refractivity contribution < 1.29 is 14.3 Å². The molecule has 0 radical (unpaired) electrons. The van der Waals surface area contributed by atoms with Crippen molar-refractivity contribution in [2.75, 3.05) is 59.5 Å². The number of fused-ring (bicyclic) bond motifs is 1. The Morgan fingerprint density at radius 1 is 1.06 bits per heavy atom. The molecule has 0 unspecified atom stereocenters. The number of methoxy groups -OCH3 is 1. The van der Waals surface area contributed by atoms with Crippen LogP contribution in [0.5, 0.6) is 0 Å². The molecule has 31 heavy (non-hydrogen) atoms. The fourth-order valence-corrected chi connectivity index (χ4v) is 4.56. The van der Waals surface area contributed by atoms with Crippen LogP contribution in [0.4, 0.5) is 0 Å². The maximum absolute atomic E-state index is 13.0. The Morgan fingerprint density at radius 3 is 2.65 bits per heavy atom. The fraction of sp³-hybridized carbons (Fsp3) is 0.500. The van der Waals surface area contributed by atoms with Gasteiger partial charge in [0, 0.05) is 59.5 Å². The number of amides is 2. The first-order chi connectivity index (χ1) is 15.2. The molecular weight excluding hydrogens is 392 g/mol. The highest BCUT2D eigenvalue weighted by molar-refractivity contribution is 5.89. The standard InChI is InChI=1S/C24H32N4O3/c1-31-16-15-26-11-13-27(14-12-26)23(29)17-22-24(30)25-9-10-28(22)18-20-7-4-6-19-5-2-3-8-21(19)20/h2-8,22H,9-18H2,1H3,(H,25,30)/t22-/m0/s1. The molecule has 2 heterocycles. The molecule has 2 aliphatic heterocycles. The molecule has 0 aromatic heterocycles. The number of hydrogen-bond acceptors (Lipinski definition) is 5. The van der Waals surface area contributed by atoms with Crippen molar-refractivity contribution in [3.05, 3.63) is 48.0 Å². The average molecular weight is 425 g/mol. The number of carbonyl (C=O) groups excluding carboxylic acids is 2. The fourth-order valence-electron chi connectivity index (χ4n) is 4.56. The lowest BCUT2D eigenvalue weighted by Gasteiger charge is -2.38. The summed E-state index contributed by atoms with van der Waals surface area (Å²) < 4.78 is 5.15. The lowest BCUT2D eigenvalue weighted by atomic mass is 10.0. The highest BCUT2D eigenvalue weighted by atomic mass is 16.5. The SMILES string of the molecule is COCCN1CCN(C(=O)C[C@H]2C(=O)NCCN2Cc2cccc3ccccc23)CC1. The van der Waals surface area contributed by atoms with Crippen LogP contribution in [0.15, 0.2) is 42.5 Å². The van der Waals surface area contributed by atoms with Gasteiger partial charge in [0.2, 0.25) is 11.8 Å². The van der Waals surface area contributed by atoms with E-state index in [0.29, 0.717) is 32.8 Å². The van der Waals surface area contributed by atoms with E-state index in [1.165, 1.54) is 16.3 Å². The number of benzene rings is 2. The molecule has 2 saturated heterocycles. The summed E-state index contributed by atoms with van der Waals surface area (Å²) in [6.07, 6.45) is 0.231. The van der Waals surface area contributed by atoms with Gasteiger partial charge in [-0.05, 0) is 16.3 Å². The van der Waals surface area contributed by atoms with Gasteiger partial charge in [-0.15, -0.1) is 0 Å². The van der Waals surface area contributed by atoms with Crippen LogP contribution in [0, 0.1) is 0 Å². The highest BCUT2D eigenvalue weighted by Crippen LogP contribution is 2.22. The van der Waals surface area contributed by atoms with Crippen molar-refractivity contribution in [1.29, 1.82) is 0 Å². The molecular formula is C24H32N4O3. The zero-order valence-electron chi connectivity index (χ0n) is 18.3. The molecule has 2 aromatic rings. The van der Waals surface area contributed by atoms with Crippen molar-refractivity contribution in [1.82, 2.24) is 20.0 Å². The smallest absolute Gasteiger partial charge is 0.237 e. The summed E-state index contributed by atoms with van der Waals surface area (Å²) in [4.78, 5) is 32.1. The molecule has 0 aliphatic carbocycles. The average Bonchev–Trinajstić information content (AvgIpc) is 2.80. The van der Waals surface area contributed by atoms with E-state index in [4.69, 9.17) is 4.74 Å². The van der Waals surface area contributed by atoms with Gasteiger partial charge in [-0.1, -0.05) is 42.5 Å². The van der Waals surface area contributed by atoms with Gasteiger partial charge in [0.05, 0.1) is 19.1 Å². The highest BCUT2D eigenvalue weighted by Gasteiger charge is 2.33. The van der Waals surface area contributed by atoms with E-state index in [2.05, 4.69) is 45.4 Å². The second-order valence-corrected chi connectivity index (χ2v) is 8.33. The summed E-state index contributed by atoms with van der Waals surface area (Å²) in [6.45, 7) is 6.75. The topological polar surface area (TPSA) is 65.1 Å². The quantitative estimate of drug-likeness (QED) is 0.726. The van der Waals surface area contributed by atoms with E-state index in [1.807, 2.05) is 17.0 Å². The van der Waals surface area contributed by atoms with Crippen LogP contribution in [0.2, 0.25) is 0 Å². The predicted molar refractivity (Wildman–Crippen MR) is 121 cm³/mol. The molecule has 2 aliphatic rings. The number of carbonyl (C=O) groups is 2. The molecule has 7 nitrogen and oxygen atoms in total. The number of nitrogens with zero attached hydrogens (tertiary/aromatic N) is 3. The van der Waals surface area contributed by atoms with Crippen LogP contribution in [0.1, 0.15) is 12.0 Å². The van der Waals surface area contributed by atoms with E-state index >= 15 is 0 Å². The maximum atomic E-state index is 13.0. The first kappa shape index (κ1) is 21.7. The maximum Gasteiger partial charge on any atom is 0.237 e. The molecule has 1 N–H and O–H groups in total. The van der Waals surface area contributed by atoms with Gasteiger partial charge >= 0.3 is 0 Å². The van der Waals surface area contributed by atoms with Crippen LogP contribution >= 0.6 is 0 Å². The summed E-state index contributed by atoms with van der Waals surface area (Å²) in [6, 6.07) is 14.2. The molecule has 0 spiro atoms. The van der Waals surface area contributed by atoms with Crippen LogP contribution in [0.3, 0.4) is 0 Å². The van der Waals surface area contributed by atoms with E-state index in [0.717, 1.165) is 26.2 Å². The molecule has 4 rings (SSSR count). The third kappa shape index (κ3) is 5.23. The molecule has 2 amide bonds. The van der Waals surface area contributed by atoms with Crippen LogP contribution in [0.25, 0.3) is 10.8 Å². The van der Waals surface area contributed by atoms with E-state index in [1.54, 1.807) is 7.11 Å². The molecule has 2 aromatic carbocycles. The Hall–Kier alpha value is -2.48. The molecule has 1 atom stereocenters. The van der Waals surface area contributed by atoms with Crippen LogP contribution < -0.4 is 5.32 Å². The minimum Gasteiger partial charge on any atom is -0.383 e. The van der Waals surface area contributed by atoms with Gasteiger partial charge in [0.25, 0.3) is 0 Å². The van der Waals surface area contributed by atoms with Crippen LogP contribution in [-0.2, 0) is 20.9 Å². The normalized spacial score (nSPS) is 20.7. The van der Waals surface area contributed by atoms with Crippen molar-refractivity contribution in [2.45, 2.75) is 19.0 Å². The summed E-state index contributed by atoms with van der Waals surface area (Å²) in [5.74, 6) is 0.0231. The summed E-state index contributed by atoms with van der Waals surface area (Å²) in [5.41, 5.74) is 1.19. The second kappa shape index (κ2) is 10.2. The van der Waals surface area contributed by atoms with E-state index < -0.39 is 6.04 Å². The largest absolute Gasteiger partial charge is 0.383 e. The summed E-state index contributed by atoms with van der Waals surface area (Å²) in [7, 11) is 1.71. The molecule has 166 valence electrons. The first-order valence-corrected chi connectivity index (χ1v) is 11.1. The Labute approximate surface area is 183 Å². The third-order valence-corrected chi connectivity index (χ3v) is 6.40. The van der Waals surface area contributed by atoms with Gasteiger partial charge in [0.15, 0.2) is 0 Å². The Kier molecular flexibility index (Phi) is 7.17. The molecule has 0 bridgehead atoms. The van der Waals surface area contributed by atoms with E-state index in [9.17, 15) is 9.59 Å². The van der Waals surface area contributed by atoms with Crippen LogP contribution in [-0.4, -0.2) is 92.1 Å². The number of nitrogens with one attached hydrogen (secondary N) is 1.